The molecule has 16 heteroatoms. The van der Waals surface area contributed by atoms with E-state index in [0.29, 0.717) is 25.9 Å². The van der Waals surface area contributed by atoms with E-state index in [2.05, 4.69) is 26.3 Å². The fourth-order valence-electron chi connectivity index (χ4n) is 7.19. The number of likely N-dealkylation sites (N-methyl/N-ethyl adjacent to an activating group) is 4. The second kappa shape index (κ2) is 25.0. The Labute approximate surface area is 353 Å². The molecule has 0 saturated heterocycles. The summed E-state index contributed by atoms with van der Waals surface area (Å²) in [4.78, 5) is 92.0. The number of rotatable bonds is 24. The summed E-state index contributed by atoms with van der Waals surface area (Å²) in [6.45, 7) is 19.1. The fourth-order valence-corrected chi connectivity index (χ4v) is 7.19. The molecule has 8 N–H and O–H groups in total. The molecule has 59 heavy (non-hydrogen) atoms. The van der Waals surface area contributed by atoms with Crippen LogP contribution in [0.3, 0.4) is 0 Å². The summed E-state index contributed by atoms with van der Waals surface area (Å²) >= 11 is 0. The van der Waals surface area contributed by atoms with Gasteiger partial charge in [-0.2, -0.15) is 0 Å². The van der Waals surface area contributed by atoms with E-state index in [9.17, 15) is 28.8 Å². The zero-order chi connectivity index (χ0) is 45.3. The molecule has 0 aliphatic carbocycles. The van der Waals surface area contributed by atoms with Crippen LogP contribution in [0.1, 0.15) is 87.6 Å². The Kier molecular flexibility index (Phi) is 22.2. The molecule has 0 heterocycles. The zero-order valence-corrected chi connectivity index (χ0v) is 38.2. The van der Waals surface area contributed by atoms with Crippen molar-refractivity contribution >= 4 is 41.4 Å². The van der Waals surface area contributed by atoms with Gasteiger partial charge in [0.1, 0.15) is 30.2 Å². The minimum absolute atomic E-state index is 0.00418. The van der Waals surface area contributed by atoms with Crippen molar-refractivity contribution < 1.29 is 28.8 Å². The number of aliphatic imine (C=N–C) groups is 1. The van der Waals surface area contributed by atoms with Gasteiger partial charge in [-0.25, -0.2) is 0 Å². The van der Waals surface area contributed by atoms with Gasteiger partial charge >= 0.3 is 0 Å². The number of carbonyl (C=O) groups is 6. The molecule has 16 nitrogen and oxygen atoms in total. The molecule has 1 aromatic carbocycles. The largest absolute Gasteiger partial charge is 0.370 e. The van der Waals surface area contributed by atoms with E-state index in [1.54, 1.807) is 48.8 Å². The van der Waals surface area contributed by atoms with Gasteiger partial charge in [-0.15, -0.1) is 0 Å². The Morgan fingerprint density at radius 2 is 1.07 bits per heavy atom. The second-order valence-electron chi connectivity index (χ2n) is 17.2. The van der Waals surface area contributed by atoms with Gasteiger partial charge in [0.2, 0.25) is 35.4 Å². The third-order valence-electron chi connectivity index (χ3n) is 10.6. The third-order valence-corrected chi connectivity index (χ3v) is 10.6. The highest BCUT2D eigenvalue weighted by molar-refractivity contribution is 5.97. The van der Waals surface area contributed by atoms with Crippen LogP contribution in [0.15, 0.2) is 35.3 Å². The van der Waals surface area contributed by atoms with E-state index in [0.717, 1.165) is 5.56 Å². The molecular formula is C43H76N10O6. The lowest BCUT2D eigenvalue weighted by atomic mass is 9.94. The van der Waals surface area contributed by atoms with Crippen LogP contribution in [0.25, 0.3) is 0 Å². The quantitative estimate of drug-likeness (QED) is 0.0507. The maximum absolute atomic E-state index is 14.4. The highest BCUT2D eigenvalue weighted by Crippen LogP contribution is 2.21. The number of nitrogens with two attached hydrogens (primary N) is 2. The first-order valence-electron chi connectivity index (χ1n) is 20.9. The van der Waals surface area contributed by atoms with Crippen molar-refractivity contribution in [2.24, 2.45) is 46.0 Å². The Morgan fingerprint density at radius 1 is 0.593 bits per heavy atom. The minimum atomic E-state index is -1.03. The van der Waals surface area contributed by atoms with Gasteiger partial charge in [-0.3, -0.25) is 33.8 Å². The number of nitrogens with one attached hydrogen (secondary N) is 4. The first kappa shape index (κ1) is 52.3. The van der Waals surface area contributed by atoms with Crippen molar-refractivity contribution in [3.63, 3.8) is 0 Å². The lowest BCUT2D eigenvalue weighted by Gasteiger charge is -2.39. The molecule has 0 spiro atoms. The van der Waals surface area contributed by atoms with Crippen LogP contribution in [0.4, 0.5) is 0 Å². The summed E-state index contributed by atoms with van der Waals surface area (Å²) in [6.07, 6.45) is 1.52. The number of nitrogens with zero attached hydrogens (tertiary/aromatic N) is 4. The van der Waals surface area contributed by atoms with E-state index in [-0.39, 0.29) is 53.8 Å². The number of guanidine groups is 1. The van der Waals surface area contributed by atoms with Crippen molar-refractivity contribution in [1.82, 2.24) is 36.0 Å². The predicted octanol–water partition coefficient (Wildman–Crippen LogP) is 1.72. The van der Waals surface area contributed by atoms with Crippen molar-refractivity contribution in [3.8, 4) is 0 Å². The number of hydrogen-bond acceptors (Lipinski definition) is 8. The molecule has 0 aliphatic rings. The average Bonchev–Trinajstić information content (AvgIpc) is 3.15. The van der Waals surface area contributed by atoms with Gasteiger partial charge in [0, 0.05) is 40.7 Å². The van der Waals surface area contributed by atoms with Gasteiger partial charge in [0.05, 0.1) is 6.04 Å². The van der Waals surface area contributed by atoms with Crippen LogP contribution >= 0.6 is 0 Å². The lowest BCUT2D eigenvalue weighted by Crippen LogP contribution is -2.63. The van der Waals surface area contributed by atoms with Gasteiger partial charge in [0.25, 0.3) is 0 Å². The standard InChI is InChI=1S/C43H76N10O6/c1-25(2)32(46-11)38(55)49-34(27(5)6)41(58)53(14)36(29(9)10)42(59)52(13)35(28(7)8)39(56)50-33(26(3)4)40(57)51(12)31(24-30-20-16-15-17-21-30)37(54)47-22-18-19-23-48-43(44)45/h15-17,20-21,25-29,31-36,46H,18-19,22-24H2,1-14H3,(H,47,54)(H,49,55)(H,50,56)(H4,44,45,48)/t31-,32-,33-,34-,35-,36-/m0/s1. The Balaban J connectivity index is 3.38. The first-order valence-corrected chi connectivity index (χ1v) is 20.9. The third kappa shape index (κ3) is 15.8. The van der Waals surface area contributed by atoms with Crippen LogP contribution in [0, 0.1) is 29.6 Å². The molecule has 0 aliphatic heterocycles. The first-order chi connectivity index (χ1) is 27.5. The zero-order valence-electron chi connectivity index (χ0n) is 38.2. The van der Waals surface area contributed by atoms with Crippen LogP contribution in [-0.4, -0.2) is 134 Å². The highest BCUT2D eigenvalue weighted by atomic mass is 16.2. The van der Waals surface area contributed by atoms with E-state index in [1.807, 2.05) is 71.9 Å². The van der Waals surface area contributed by atoms with Gasteiger partial charge in [0.15, 0.2) is 5.96 Å². The molecular weight excluding hydrogens is 753 g/mol. The fraction of sp³-hybridized carbons (Fsp3) is 0.698. The van der Waals surface area contributed by atoms with Crippen molar-refractivity contribution in [2.75, 3.05) is 41.3 Å². The average molecular weight is 829 g/mol. The van der Waals surface area contributed by atoms with E-state index in [4.69, 9.17) is 11.5 Å². The number of unbranched alkanes of at least 4 members (excludes halogenated alkanes) is 1. The molecule has 6 atom stereocenters. The Morgan fingerprint density at radius 3 is 1.53 bits per heavy atom. The van der Waals surface area contributed by atoms with E-state index in [1.165, 1.54) is 21.7 Å². The highest BCUT2D eigenvalue weighted by Gasteiger charge is 2.42. The minimum Gasteiger partial charge on any atom is -0.370 e. The molecule has 0 aromatic heterocycles. The molecule has 0 unspecified atom stereocenters. The van der Waals surface area contributed by atoms with Gasteiger partial charge in [-0.1, -0.05) is 99.6 Å². The molecule has 6 amide bonds. The Hall–Kier alpha value is -4.73. The summed E-state index contributed by atoms with van der Waals surface area (Å²) in [5, 5.41) is 11.8. The number of benzene rings is 1. The molecule has 1 rings (SSSR count). The van der Waals surface area contributed by atoms with E-state index >= 15 is 0 Å². The summed E-state index contributed by atoms with van der Waals surface area (Å²) in [7, 11) is 6.31. The van der Waals surface area contributed by atoms with Crippen molar-refractivity contribution in [1.29, 1.82) is 0 Å². The number of amides is 6. The maximum Gasteiger partial charge on any atom is 0.246 e. The SMILES string of the molecule is CN[C@H](C(=O)N[C@H](C(=O)N(C)[C@H](C(=O)N(C)[C@H](C(=O)N[C@H](C(=O)N(C)[C@@H](Cc1ccccc1)C(=O)NCCCCN=C(N)N)C(C)C)C(C)C)C(C)C)C(C)C)C(C)C. The second-order valence-corrected chi connectivity index (χ2v) is 17.2. The smallest absolute Gasteiger partial charge is 0.246 e. The van der Waals surface area contributed by atoms with Crippen LogP contribution < -0.4 is 32.7 Å². The molecule has 0 bridgehead atoms. The lowest BCUT2D eigenvalue weighted by molar-refractivity contribution is -0.152. The molecule has 0 fully saturated rings. The summed E-state index contributed by atoms with van der Waals surface area (Å²) in [5.41, 5.74) is 11.7. The van der Waals surface area contributed by atoms with Gasteiger partial charge in [-0.05, 0) is 55.0 Å². The molecule has 0 radical (unpaired) electrons. The van der Waals surface area contributed by atoms with E-state index < -0.39 is 59.9 Å². The normalized spacial score (nSPS) is 14.6. The number of carbonyl (C=O) groups excluding carboxylic acids is 6. The monoisotopic (exact) mass is 829 g/mol. The summed E-state index contributed by atoms with van der Waals surface area (Å²) in [5.74, 6) is -3.98. The number of hydrogen-bond donors (Lipinski definition) is 6. The maximum atomic E-state index is 14.4. The predicted molar refractivity (Wildman–Crippen MR) is 234 cm³/mol. The molecule has 334 valence electrons. The van der Waals surface area contributed by atoms with Gasteiger partial charge < -0.3 is 47.4 Å². The Bertz CT molecular complexity index is 1550. The molecule has 0 saturated carbocycles. The van der Waals surface area contributed by atoms with Crippen molar-refractivity contribution in [3.05, 3.63) is 35.9 Å². The summed E-state index contributed by atoms with van der Waals surface area (Å²) < 4.78 is 0. The van der Waals surface area contributed by atoms with Crippen LogP contribution in [0.2, 0.25) is 0 Å². The van der Waals surface area contributed by atoms with Crippen molar-refractivity contribution in [2.45, 2.75) is 125 Å². The van der Waals surface area contributed by atoms with Crippen LogP contribution in [0.5, 0.6) is 0 Å². The molecule has 1 aromatic rings. The van der Waals surface area contributed by atoms with Crippen LogP contribution in [-0.2, 0) is 35.2 Å². The topological polar surface area (TPSA) is 225 Å². The summed E-state index contributed by atoms with van der Waals surface area (Å²) in [6, 6.07) is 4.05.